The Kier molecular flexibility index (Phi) is 5.13. The van der Waals surface area contributed by atoms with Crippen LogP contribution in [0.2, 0.25) is 0 Å². The van der Waals surface area contributed by atoms with Gasteiger partial charge in [0.05, 0.1) is 17.0 Å². The van der Waals surface area contributed by atoms with Gasteiger partial charge in [0.25, 0.3) is 0 Å². The number of fused-ring (bicyclic) bond motifs is 1. The second kappa shape index (κ2) is 7.59. The number of aromatic nitrogens is 2. The Morgan fingerprint density at radius 2 is 1.90 bits per heavy atom. The van der Waals surface area contributed by atoms with Crippen LogP contribution in [0.15, 0.2) is 48.5 Å². The monoisotopic (exact) mass is 407 g/mol. The lowest BCUT2D eigenvalue weighted by Gasteiger charge is -2.18. The van der Waals surface area contributed by atoms with Gasteiger partial charge in [-0.2, -0.15) is 0 Å². The van der Waals surface area contributed by atoms with Crippen molar-refractivity contribution >= 4 is 32.1 Å². The van der Waals surface area contributed by atoms with E-state index >= 15 is 0 Å². The van der Waals surface area contributed by atoms with Gasteiger partial charge in [0.15, 0.2) is 9.84 Å². The van der Waals surface area contributed by atoms with Gasteiger partial charge in [0.1, 0.15) is 11.6 Å². The van der Waals surface area contributed by atoms with Crippen molar-refractivity contribution in [1.82, 2.24) is 9.97 Å². The summed E-state index contributed by atoms with van der Waals surface area (Å²) in [6, 6.07) is 14.6. The molecule has 0 saturated carbocycles. The molecule has 0 spiro atoms. The summed E-state index contributed by atoms with van der Waals surface area (Å²) in [5.74, 6) is 1.83. The number of hydrogen-bond acceptors (Lipinski definition) is 5. The molecule has 1 N–H and O–H groups in total. The molecular weight excluding hydrogens is 382 g/mol. The van der Waals surface area contributed by atoms with Crippen LogP contribution in [-0.2, 0) is 9.84 Å². The predicted octanol–water partition coefficient (Wildman–Crippen LogP) is 4.62. The summed E-state index contributed by atoms with van der Waals surface area (Å²) in [5, 5.41) is 4.49. The van der Waals surface area contributed by atoms with Gasteiger partial charge in [-0.3, -0.25) is 0 Å². The summed E-state index contributed by atoms with van der Waals surface area (Å²) in [4.78, 5) is 9.23. The summed E-state index contributed by atoms with van der Waals surface area (Å²) in [7, 11) is -2.94. The second-order valence-corrected chi connectivity index (χ2v) is 9.95. The van der Waals surface area contributed by atoms with Gasteiger partial charge < -0.3 is 5.32 Å². The Bertz CT molecular complexity index is 1220. The maximum atomic E-state index is 11.7. The Hall–Kier alpha value is -2.73. The second-order valence-electron chi connectivity index (χ2n) is 7.73. The molecule has 1 aliphatic rings. The Balaban J connectivity index is 1.72. The SMILES string of the molecule is Cc1cccc([C@@H](C)Nc2nc(C)nc3ccc(C4=CCS(=O)(=O)CC4)cc23)c1. The molecule has 0 fully saturated rings. The molecule has 0 bridgehead atoms. The van der Waals surface area contributed by atoms with Crippen LogP contribution in [0.3, 0.4) is 0 Å². The molecule has 1 aliphatic heterocycles. The van der Waals surface area contributed by atoms with Crippen molar-refractivity contribution < 1.29 is 8.42 Å². The number of sulfone groups is 1. The summed E-state index contributed by atoms with van der Waals surface area (Å²) in [6.07, 6.45) is 2.38. The average Bonchev–Trinajstić information content (AvgIpc) is 2.67. The molecular formula is C23H25N3O2S. The number of aryl methyl sites for hydroxylation is 2. The molecule has 0 amide bonds. The molecule has 6 heteroatoms. The van der Waals surface area contributed by atoms with Crippen molar-refractivity contribution in [2.24, 2.45) is 0 Å². The molecule has 4 rings (SSSR count). The smallest absolute Gasteiger partial charge is 0.154 e. The topological polar surface area (TPSA) is 72.0 Å². The minimum absolute atomic E-state index is 0.0927. The summed E-state index contributed by atoms with van der Waals surface area (Å²) in [6.45, 7) is 6.10. The van der Waals surface area contributed by atoms with E-state index in [1.807, 2.05) is 25.1 Å². The highest BCUT2D eigenvalue weighted by Gasteiger charge is 2.18. The number of allylic oxidation sites excluding steroid dienone is 1. The third-order valence-corrected chi connectivity index (χ3v) is 6.84. The quantitative estimate of drug-likeness (QED) is 0.683. The van der Waals surface area contributed by atoms with Gasteiger partial charge in [-0.05, 0) is 56.0 Å². The molecule has 3 aromatic rings. The fourth-order valence-corrected chi connectivity index (χ4v) is 4.88. The largest absolute Gasteiger partial charge is 0.363 e. The summed E-state index contributed by atoms with van der Waals surface area (Å²) < 4.78 is 23.5. The van der Waals surface area contributed by atoms with Gasteiger partial charge in [0, 0.05) is 11.4 Å². The zero-order valence-electron chi connectivity index (χ0n) is 16.9. The van der Waals surface area contributed by atoms with E-state index in [9.17, 15) is 8.42 Å². The number of benzene rings is 2. The summed E-state index contributed by atoms with van der Waals surface area (Å²) >= 11 is 0. The first-order chi connectivity index (χ1) is 13.8. The lowest BCUT2D eigenvalue weighted by Crippen LogP contribution is -2.15. The van der Waals surface area contributed by atoms with Gasteiger partial charge in [0.2, 0.25) is 0 Å². The number of rotatable bonds is 4. The van der Waals surface area contributed by atoms with Crippen molar-refractivity contribution in [3.05, 3.63) is 71.1 Å². The maximum absolute atomic E-state index is 11.7. The van der Waals surface area contributed by atoms with E-state index in [0.29, 0.717) is 12.2 Å². The first-order valence-corrected chi connectivity index (χ1v) is 11.6. The minimum Gasteiger partial charge on any atom is -0.363 e. The number of hydrogen-bond donors (Lipinski definition) is 1. The number of anilines is 1. The molecule has 150 valence electrons. The highest BCUT2D eigenvalue weighted by Crippen LogP contribution is 2.30. The fourth-order valence-electron chi connectivity index (χ4n) is 3.72. The molecule has 2 aromatic carbocycles. The first kappa shape index (κ1) is 19.6. The van der Waals surface area contributed by atoms with Crippen LogP contribution >= 0.6 is 0 Å². The van der Waals surface area contributed by atoms with Crippen molar-refractivity contribution in [2.45, 2.75) is 33.2 Å². The molecule has 1 atom stereocenters. The number of nitrogens with one attached hydrogen (secondary N) is 1. The Morgan fingerprint density at radius 1 is 1.07 bits per heavy atom. The molecule has 1 aromatic heterocycles. The molecule has 5 nitrogen and oxygen atoms in total. The fraction of sp³-hybridized carbons (Fsp3) is 0.304. The Morgan fingerprint density at radius 3 is 2.62 bits per heavy atom. The lowest BCUT2D eigenvalue weighted by atomic mass is 10.0. The minimum atomic E-state index is -2.94. The van der Waals surface area contributed by atoms with Crippen LogP contribution in [0.5, 0.6) is 0 Å². The first-order valence-electron chi connectivity index (χ1n) is 9.82. The van der Waals surface area contributed by atoms with Crippen LogP contribution in [0.25, 0.3) is 16.5 Å². The van der Waals surface area contributed by atoms with E-state index < -0.39 is 9.84 Å². The highest BCUT2D eigenvalue weighted by atomic mass is 32.2. The molecule has 2 heterocycles. The van der Waals surface area contributed by atoms with Gasteiger partial charge in [-0.15, -0.1) is 0 Å². The average molecular weight is 408 g/mol. The molecule has 0 unspecified atom stereocenters. The zero-order valence-corrected chi connectivity index (χ0v) is 17.8. The van der Waals surface area contributed by atoms with E-state index in [1.165, 1.54) is 11.1 Å². The molecule has 29 heavy (non-hydrogen) atoms. The third kappa shape index (κ3) is 4.32. The standard InChI is InChI=1S/C23H25N3O2S/c1-15-5-4-6-19(13-15)16(2)24-23-21-14-20(7-8-22(21)25-17(3)26-23)18-9-11-29(27,28)12-10-18/h4-9,13-14,16H,10-12H2,1-3H3,(H,24,25,26)/t16-/m1/s1. The highest BCUT2D eigenvalue weighted by molar-refractivity contribution is 7.91. The van der Waals surface area contributed by atoms with Gasteiger partial charge >= 0.3 is 0 Å². The van der Waals surface area contributed by atoms with E-state index in [0.717, 1.165) is 27.9 Å². The van der Waals surface area contributed by atoms with E-state index in [-0.39, 0.29) is 17.5 Å². The van der Waals surface area contributed by atoms with Crippen LogP contribution in [-0.4, -0.2) is 29.9 Å². The molecule has 0 saturated heterocycles. The van der Waals surface area contributed by atoms with Crippen molar-refractivity contribution in [3.63, 3.8) is 0 Å². The van der Waals surface area contributed by atoms with Crippen molar-refractivity contribution in [1.29, 1.82) is 0 Å². The third-order valence-electron chi connectivity index (χ3n) is 5.34. The van der Waals surface area contributed by atoms with Gasteiger partial charge in [-0.25, -0.2) is 18.4 Å². The van der Waals surface area contributed by atoms with Crippen LogP contribution in [0.1, 0.15) is 41.9 Å². The predicted molar refractivity (Wildman–Crippen MR) is 119 cm³/mol. The van der Waals surface area contributed by atoms with Crippen LogP contribution < -0.4 is 5.32 Å². The molecule has 0 radical (unpaired) electrons. The lowest BCUT2D eigenvalue weighted by molar-refractivity contribution is 0.597. The van der Waals surface area contributed by atoms with E-state index in [1.54, 1.807) is 0 Å². The normalized spacial score (nSPS) is 17.0. The summed E-state index contributed by atoms with van der Waals surface area (Å²) in [5.41, 5.74) is 5.41. The van der Waals surface area contributed by atoms with E-state index in [4.69, 9.17) is 0 Å². The van der Waals surface area contributed by atoms with E-state index in [2.05, 4.69) is 59.5 Å². The van der Waals surface area contributed by atoms with Gasteiger partial charge in [-0.1, -0.05) is 42.0 Å². The molecule has 0 aliphatic carbocycles. The van der Waals surface area contributed by atoms with Crippen molar-refractivity contribution in [2.75, 3.05) is 16.8 Å². The zero-order chi connectivity index (χ0) is 20.6. The van der Waals surface area contributed by atoms with Crippen LogP contribution in [0, 0.1) is 13.8 Å². The number of nitrogens with zero attached hydrogens (tertiary/aromatic N) is 2. The van der Waals surface area contributed by atoms with Crippen LogP contribution in [0.4, 0.5) is 5.82 Å². The van der Waals surface area contributed by atoms with Crippen molar-refractivity contribution in [3.8, 4) is 0 Å². The maximum Gasteiger partial charge on any atom is 0.154 e. The Labute approximate surface area is 171 Å².